The summed E-state index contributed by atoms with van der Waals surface area (Å²) < 4.78 is 5.34. The predicted octanol–water partition coefficient (Wildman–Crippen LogP) is 3.68. The van der Waals surface area contributed by atoms with E-state index in [4.69, 9.17) is 10.5 Å². The number of nitrogens with zero attached hydrogens (tertiary/aromatic N) is 1. The van der Waals surface area contributed by atoms with E-state index < -0.39 is 11.7 Å². The van der Waals surface area contributed by atoms with Crippen LogP contribution in [0, 0.1) is 0 Å². The number of alkyl carbamates (subject to hydrolysis) is 1. The summed E-state index contributed by atoms with van der Waals surface area (Å²) in [5.41, 5.74) is 8.29. The number of ether oxygens (including phenoxy) is 1. The molecule has 30 heavy (non-hydrogen) atoms. The van der Waals surface area contributed by atoms with E-state index in [9.17, 15) is 9.59 Å². The van der Waals surface area contributed by atoms with E-state index in [0.717, 1.165) is 11.1 Å². The highest BCUT2D eigenvalue weighted by molar-refractivity contribution is 5.68. The van der Waals surface area contributed by atoms with Gasteiger partial charge in [0.05, 0.1) is 11.3 Å². The first-order chi connectivity index (χ1) is 14.2. The van der Waals surface area contributed by atoms with E-state index in [1.54, 1.807) is 30.3 Å². The standard InChI is InChI=1S/C23H26N4O3/c1-23(2,3)30-22(29)25-14-19(15-7-5-4-6-8-15)20-13-18(21(28)27-26-20)16-9-11-17(24)12-10-16/h4-13,19H,14,24H2,1-3H3,(H,25,29)(H,27,28). The molecule has 0 saturated heterocycles. The maximum atomic E-state index is 12.4. The molecule has 0 aliphatic carbocycles. The van der Waals surface area contributed by atoms with Crippen LogP contribution in [0.1, 0.15) is 37.9 Å². The molecule has 0 aliphatic rings. The van der Waals surface area contributed by atoms with Gasteiger partial charge < -0.3 is 15.8 Å². The lowest BCUT2D eigenvalue weighted by Crippen LogP contribution is -2.35. The number of amides is 1. The van der Waals surface area contributed by atoms with Crippen molar-refractivity contribution in [2.75, 3.05) is 12.3 Å². The first-order valence-corrected chi connectivity index (χ1v) is 9.70. The van der Waals surface area contributed by atoms with Crippen LogP contribution < -0.4 is 16.6 Å². The van der Waals surface area contributed by atoms with Crippen molar-refractivity contribution in [2.45, 2.75) is 32.3 Å². The van der Waals surface area contributed by atoms with Crippen LogP contribution in [-0.4, -0.2) is 28.4 Å². The molecule has 0 saturated carbocycles. The van der Waals surface area contributed by atoms with Crippen molar-refractivity contribution >= 4 is 11.8 Å². The summed E-state index contributed by atoms with van der Waals surface area (Å²) in [7, 11) is 0. The highest BCUT2D eigenvalue weighted by Gasteiger charge is 2.21. The Labute approximate surface area is 175 Å². The molecule has 0 bridgehead atoms. The van der Waals surface area contributed by atoms with Crippen LogP contribution in [0.3, 0.4) is 0 Å². The maximum absolute atomic E-state index is 12.4. The van der Waals surface area contributed by atoms with Gasteiger partial charge in [0.1, 0.15) is 5.60 Å². The number of benzene rings is 2. The highest BCUT2D eigenvalue weighted by Crippen LogP contribution is 2.25. The number of H-pyrrole nitrogens is 1. The highest BCUT2D eigenvalue weighted by atomic mass is 16.6. The molecule has 1 heterocycles. The Hall–Kier alpha value is -3.61. The summed E-state index contributed by atoms with van der Waals surface area (Å²) in [5.74, 6) is -0.275. The fourth-order valence-corrected chi connectivity index (χ4v) is 3.05. The van der Waals surface area contributed by atoms with E-state index in [2.05, 4.69) is 15.5 Å². The van der Waals surface area contributed by atoms with Gasteiger partial charge in [0.2, 0.25) is 0 Å². The van der Waals surface area contributed by atoms with Gasteiger partial charge in [-0.3, -0.25) is 4.79 Å². The molecule has 156 valence electrons. The van der Waals surface area contributed by atoms with Crippen molar-refractivity contribution < 1.29 is 9.53 Å². The third-order valence-corrected chi connectivity index (χ3v) is 4.45. The third kappa shape index (κ3) is 5.47. The number of aromatic amines is 1. The van der Waals surface area contributed by atoms with Gasteiger partial charge in [-0.05, 0) is 50.1 Å². The molecule has 3 rings (SSSR count). The van der Waals surface area contributed by atoms with Crippen molar-refractivity contribution in [3.8, 4) is 11.1 Å². The van der Waals surface area contributed by atoms with Gasteiger partial charge in [-0.25, -0.2) is 9.89 Å². The van der Waals surface area contributed by atoms with Gasteiger partial charge in [-0.1, -0.05) is 42.5 Å². The summed E-state index contributed by atoms with van der Waals surface area (Å²) >= 11 is 0. The van der Waals surface area contributed by atoms with Crippen LogP contribution in [0.4, 0.5) is 10.5 Å². The lowest BCUT2D eigenvalue weighted by molar-refractivity contribution is 0.0526. The van der Waals surface area contributed by atoms with Crippen LogP contribution >= 0.6 is 0 Å². The van der Waals surface area contributed by atoms with Crippen molar-refractivity contribution in [3.05, 3.63) is 82.3 Å². The average Bonchev–Trinajstić information content (AvgIpc) is 2.69. The maximum Gasteiger partial charge on any atom is 0.407 e. The largest absolute Gasteiger partial charge is 0.444 e. The van der Waals surface area contributed by atoms with Crippen molar-refractivity contribution in [1.82, 2.24) is 15.5 Å². The quantitative estimate of drug-likeness (QED) is 0.560. The first-order valence-electron chi connectivity index (χ1n) is 9.70. The summed E-state index contributed by atoms with van der Waals surface area (Å²) in [5, 5.41) is 9.64. The minimum atomic E-state index is -0.592. The molecule has 2 aromatic carbocycles. The average molecular weight is 406 g/mol. The Kier molecular flexibility index (Phi) is 6.20. The van der Waals surface area contributed by atoms with Gasteiger partial charge in [-0.15, -0.1) is 0 Å². The van der Waals surface area contributed by atoms with Crippen molar-refractivity contribution in [3.63, 3.8) is 0 Å². The van der Waals surface area contributed by atoms with Crippen molar-refractivity contribution in [1.29, 1.82) is 0 Å². The number of nitrogen functional groups attached to an aromatic ring is 1. The summed E-state index contributed by atoms with van der Waals surface area (Å²) in [4.78, 5) is 24.6. The number of carbonyl (C=O) groups is 1. The molecule has 1 atom stereocenters. The molecule has 7 heteroatoms. The van der Waals surface area contributed by atoms with Crippen molar-refractivity contribution in [2.24, 2.45) is 0 Å². The minimum Gasteiger partial charge on any atom is -0.444 e. The zero-order chi connectivity index (χ0) is 21.7. The minimum absolute atomic E-state index is 0.263. The van der Waals surface area contributed by atoms with Gasteiger partial charge in [-0.2, -0.15) is 5.10 Å². The molecular weight excluding hydrogens is 380 g/mol. The van der Waals surface area contributed by atoms with Crippen LogP contribution in [-0.2, 0) is 4.74 Å². The van der Waals surface area contributed by atoms with Gasteiger partial charge in [0, 0.05) is 18.2 Å². The SMILES string of the molecule is CC(C)(C)OC(=O)NCC(c1ccccc1)c1cc(-c2ccc(N)cc2)c(=O)[nH]n1. The second kappa shape index (κ2) is 8.82. The normalized spacial score (nSPS) is 12.2. The van der Waals surface area contributed by atoms with E-state index in [0.29, 0.717) is 16.9 Å². The molecule has 7 nitrogen and oxygen atoms in total. The molecule has 0 radical (unpaired) electrons. The van der Waals surface area contributed by atoms with Crippen LogP contribution in [0.2, 0.25) is 0 Å². The molecule has 0 spiro atoms. The number of anilines is 1. The molecule has 1 unspecified atom stereocenters. The molecule has 0 aliphatic heterocycles. The Morgan fingerprint density at radius 1 is 1.13 bits per heavy atom. The monoisotopic (exact) mass is 406 g/mol. The molecule has 4 N–H and O–H groups in total. The molecular formula is C23H26N4O3. The lowest BCUT2D eigenvalue weighted by Gasteiger charge is -2.22. The number of carbonyl (C=O) groups excluding carboxylic acids is 1. The van der Waals surface area contributed by atoms with Gasteiger partial charge in [0.25, 0.3) is 5.56 Å². The Balaban J connectivity index is 1.94. The summed E-state index contributed by atoms with van der Waals surface area (Å²) in [6, 6.07) is 18.5. The number of nitrogens with one attached hydrogen (secondary N) is 2. The van der Waals surface area contributed by atoms with E-state index in [1.165, 1.54) is 0 Å². The second-order valence-electron chi connectivity index (χ2n) is 8.00. The summed E-state index contributed by atoms with van der Waals surface area (Å²) in [6.07, 6.45) is -0.508. The predicted molar refractivity (Wildman–Crippen MR) is 117 cm³/mol. The van der Waals surface area contributed by atoms with Crippen LogP contribution in [0.5, 0.6) is 0 Å². The molecule has 3 aromatic rings. The number of hydrogen-bond donors (Lipinski definition) is 3. The zero-order valence-electron chi connectivity index (χ0n) is 17.3. The second-order valence-corrected chi connectivity index (χ2v) is 8.00. The van der Waals surface area contributed by atoms with Gasteiger partial charge >= 0.3 is 6.09 Å². The third-order valence-electron chi connectivity index (χ3n) is 4.45. The van der Waals surface area contributed by atoms with Gasteiger partial charge in [0.15, 0.2) is 0 Å². The Bertz CT molecular complexity index is 1050. The Morgan fingerprint density at radius 2 is 1.80 bits per heavy atom. The van der Waals surface area contributed by atoms with E-state index in [-0.39, 0.29) is 18.0 Å². The number of hydrogen-bond acceptors (Lipinski definition) is 5. The van der Waals surface area contributed by atoms with E-state index in [1.807, 2.05) is 51.1 Å². The first kappa shape index (κ1) is 21.1. The molecule has 1 aromatic heterocycles. The molecule has 0 fully saturated rings. The van der Waals surface area contributed by atoms with Crippen LogP contribution in [0.25, 0.3) is 11.1 Å². The topological polar surface area (TPSA) is 110 Å². The lowest BCUT2D eigenvalue weighted by atomic mass is 9.94. The number of rotatable bonds is 5. The number of nitrogens with two attached hydrogens (primary N) is 1. The number of aromatic nitrogens is 2. The smallest absolute Gasteiger partial charge is 0.407 e. The fourth-order valence-electron chi connectivity index (χ4n) is 3.05. The van der Waals surface area contributed by atoms with E-state index >= 15 is 0 Å². The Morgan fingerprint density at radius 3 is 2.43 bits per heavy atom. The zero-order valence-corrected chi connectivity index (χ0v) is 17.3. The summed E-state index contributed by atoms with van der Waals surface area (Å²) in [6.45, 7) is 5.69. The molecule has 1 amide bonds. The fraction of sp³-hybridized carbons (Fsp3) is 0.261. The van der Waals surface area contributed by atoms with Crippen LogP contribution in [0.15, 0.2) is 65.5 Å².